The maximum Gasteiger partial charge on any atom is 0.0630 e. The van der Waals surface area contributed by atoms with E-state index in [0.717, 1.165) is 31.4 Å². The average Bonchev–Trinajstić information content (AvgIpc) is 2.81. The standard InChI is InChI=1S/C15H12Br3NS/c16-10-5-12(17)15(13(18)6-10)19-7-9-8-20-14-4-2-1-3-11(9)14/h1-6,9,19H,7-8H2. The average molecular weight is 478 g/mol. The van der Waals surface area contributed by atoms with Gasteiger partial charge < -0.3 is 5.32 Å². The fraction of sp³-hybridized carbons (Fsp3) is 0.200. The summed E-state index contributed by atoms with van der Waals surface area (Å²) in [5.41, 5.74) is 2.58. The second-order valence-corrected chi connectivity index (χ2v) is 8.36. The van der Waals surface area contributed by atoms with Crippen LogP contribution in [0.5, 0.6) is 0 Å². The SMILES string of the molecule is Brc1cc(Br)c(NCC2CSc3ccccc32)c(Br)c1. The Hall–Kier alpha value is 0.0300. The van der Waals surface area contributed by atoms with E-state index in [0.29, 0.717) is 5.92 Å². The molecular weight excluding hydrogens is 466 g/mol. The zero-order valence-corrected chi connectivity index (χ0v) is 16.1. The van der Waals surface area contributed by atoms with Crippen LogP contribution in [0, 0.1) is 0 Å². The number of hydrogen-bond acceptors (Lipinski definition) is 2. The monoisotopic (exact) mass is 475 g/mol. The molecule has 1 unspecified atom stereocenters. The Morgan fingerprint density at radius 3 is 2.55 bits per heavy atom. The lowest BCUT2D eigenvalue weighted by Gasteiger charge is -2.16. The number of halogens is 3. The molecule has 0 fully saturated rings. The summed E-state index contributed by atoms with van der Waals surface area (Å²) in [6, 6.07) is 12.8. The molecule has 0 bridgehead atoms. The quantitative estimate of drug-likeness (QED) is 0.558. The van der Waals surface area contributed by atoms with Crippen LogP contribution in [0.4, 0.5) is 5.69 Å². The molecule has 0 saturated heterocycles. The summed E-state index contributed by atoms with van der Waals surface area (Å²) in [7, 11) is 0. The molecule has 1 nitrogen and oxygen atoms in total. The molecule has 1 aliphatic rings. The number of hydrogen-bond donors (Lipinski definition) is 1. The summed E-state index contributed by atoms with van der Waals surface area (Å²) in [6.07, 6.45) is 0. The van der Waals surface area contributed by atoms with Crippen molar-refractivity contribution >= 4 is 65.2 Å². The van der Waals surface area contributed by atoms with E-state index in [2.05, 4.69) is 89.5 Å². The number of anilines is 1. The first-order chi connectivity index (χ1) is 9.65. The largest absolute Gasteiger partial charge is 0.383 e. The summed E-state index contributed by atoms with van der Waals surface area (Å²) in [5, 5.41) is 3.56. The summed E-state index contributed by atoms with van der Waals surface area (Å²) in [5.74, 6) is 1.72. The van der Waals surface area contributed by atoms with Crippen molar-refractivity contribution in [3.8, 4) is 0 Å². The van der Waals surface area contributed by atoms with Gasteiger partial charge in [-0.05, 0) is 55.6 Å². The number of thioether (sulfide) groups is 1. The van der Waals surface area contributed by atoms with Crippen LogP contribution in [0.15, 0.2) is 54.7 Å². The minimum atomic E-state index is 0.568. The topological polar surface area (TPSA) is 12.0 Å². The Bertz CT molecular complexity index is 622. The third kappa shape index (κ3) is 3.11. The zero-order valence-electron chi connectivity index (χ0n) is 10.5. The van der Waals surface area contributed by atoms with E-state index >= 15 is 0 Å². The van der Waals surface area contributed by atoms with Crippen LogP contribution in [-0.2, 0) is 0 Å². The summed E-state index contributed by atoms with van der Waals surface area (Å²) in [4.78, 5) is 1.42. The fourth-order valence-electron chi connectivity index (χ4n) is 2.33. The number of rotatable bonds is 3. The number of benzene rings is 2. The van der Waals surface area contributed by atoms with Crippen LogP contribution >= 0.6 is 59.6 Å². The smallest absolute Gasteiger partial charge is 0.0630 e. The van der Waals surface area contributed by atoms with Gasteiger partial charge in [-0.1, -0.05) is 34.1 Å². The Morgan fingerprint density at radius 1 is 1.10 bits per heavy atom. The highest BCUT2D eigenvalue weighted by Crippen LogP contribution is 2.40. The zero-order chi connectivity index (χ0) is 14.1. The van der Waals surface area contributed by atoms with Gasteiger partial charge in [0, 0.05) is 36.5 Å². The van der Waals surface area contributed by atoms with Crippen LogP contribution in [0.3, 0.4) is 0 Å². The van der Waals surface area contributed by atoms with E-state index in [1.807, 2.05) is 11.8 Å². The van der Waals surface area contributed by atoms with E-state index in [1.54, 1.807) is 0 Å². The van der Waals surface area contributed by atoms with Gasteiger partial charge in [0.2, 0.25) is 0 Å². The lowest BCUT2D eigenvalue weighted by atomic mass is 10.0. The predicted molar refractivity (Wildman–Crippen MR) is 97.9 cm³/mol. The molecule has 2 aromatic rings. The van der Waals surface area contributed by atoms with Gasteiger partial charge in [0.15, 0.2) is 0 Å². The highest BCUT2D eigenvalue weighted by atomic mass is 79.9. The van der Waals surface area contributed by atoms with E-state index in [9.17, 15) is 0 Å². The first kappa shape index (κ1) is 14.9. The Morgan fingerprint density at radius 2 is 1.80 bits per heavy atom. The maximum atomic E-state index is 3.61. The molecule has 3 rings (SSSR count). The molecule has 2 aromatic carbocycles. The van der Waals surface area contributed by atoms with Crippen LogP contribution in [0.25, 0.3) is 0 Å². The molecule has 1 heterocycles. The van der Waals surface area contributed by atoms with Gasteiger partial charge in [0.25, 0.3) is 0 Å². The summed E-state index contributed by atoms with van der Waals surface area (Å²) in [6.45, 7) is 0.947. The van der Waals surface area contributed by atoms with Crippen molar-refractivity contribution in [2.24, 2.45) is 0 Å². The molecule has 0 radical (unpaired) electrons. The van der Waals surface area contributed by atoms with Crippen molar-refractivity contribution in [2.75, 3.05) is 17.6 Å². The third-order valence-electron chi connectivity index (χ3n) is 3.33. The molecule has 1 aliphatic heterocycles. The van der Waals surface area contributed by atoms with Crippen molar-refractivity contribution in [3.63, 3.8) is 0 Å². The van der Waals surface area contributed by atoms with E-state index in [1.165, 1.54) is 10.5 Å². The second-order valence-electron chi connectivity index (χ2n) is 4.67. The highest BCUT2D eigenvalue weighted by molar-refractivity contribution is 9.11. The molecule has 0 aliphatic carbocycles. The molecule has 20 heavy (non-hydrogen) atoms. The number of fused-ring (bicyclic) bond motifs is 1. The second kappa shape index (κ2) is 6.42. The summed E-state index contributed by atoms with van der Waals surface area (Å²) < 4.78 is 3.19. The summed E-state index contributed by atoms with van der Waals surface area (Å²) >= 11 is 12.7. The van der Waals surface area contributed by atoms with Crippen LogP contribution in [0.1, 0.15) is 11.5 Å². The molecule has 5 heteroatoms. The molecular formula is C15H12Br3NS. The van der Waals surface area contributed by atoms with E-state index in [4.69, 9.17) is 0 Å². The van der Waals surface area contributed by atoms with Crippen molar-refractivity contribution in [1.82, 2.24) is 0 Å². The van der Waals surface area contributed by atoms with Gasteiger partial charge in [0.05, 0.1) is 5.69 Å². The van der Waals surface area contributed by atoms with Gasteiger partial charge in [-0.2, -0.15) is 0 Å². The van der Waals surface area contributed by atoms with Crippen LogP contribution in [0.2, 0.25) is 0 Å². The van der Waals surface area contributed by atoms with E-state index in [-0.39, 0.29) is 0 Å². The van der Waals surface area contributed by atoms with Crippen LogP contribution < -0.4 is 5.32 Å². The lowest BCUT2D eigenvalue weighted by molar-refractivity contribution is 0.818. The lowest BCUT2D eigenvalue weighted by Crippen LogP contribution is -2.12. The molecule has 1 atom stereocenters. The Balaban J connectivity index is 1.76. The normalized spacial score (nSPS) is 17.1. The fourth-order valence-corrected chi connectivity index (χ4v) is 6.13. The molecule has 104 valence electrons. The van der Waals surface area contributed by atoms with Crippen molar-refractivity contribution in [1.29, 1.82) is 0 Å². The third-order valence-corrected chi connectivity index (χ3v) is 6.29. The van der Waals surface area contributed by atoms with Gasteiger partial charge >= 0.3 is 0 Å². The Labute approximate surface area is 148 Å². The highest BCUT2D eigenvalue weighted by Gasteiger charge is 2.22. The van der Waals surface area contributed by atoms with Gasteiger partial charge in [-0.15, -0.1) is 11.8 Å². The first-order valence-electron chi connectivity index (χ1n) is 6.25. The Kier molecular flexibility index (Phi) is 4.80. The molecule has 0 amide bonds. The van der Waals surface area contributed by atoms with Crippen LogP contribution in [-0.4, -0.2) is 12.3 Å². The first-order valence-corrected chi connectivity index (χ1v) is 9.62. The molecule has 1 N–H and O–H groups in total. The van der Waals surface area contributed by atoms with Crippen molar-refractivity contribution < 1.29 is 0 Å². The molecule has 0 spiro atoms. The van der Waals surface area contributed by atoms with Gasteiger partial charge in [0.1, 0.15) is 0 Å². The van der Waals surface area contributed by atoms with Gasteiger partial charge in [-0.3, -0.25) is 0 Å². The molecule has 0 saturated carbocycles. The van der Waals surface area contributed by atoms with Gasteiger partial charge in [-0.25, -0.2) is 0 Å². The maximum absolute atomic E-state index is 3.61. The minimum Gasteiger partial charge on any atom is -0.383 e. The van der Waals surface area contributed by atoms with Crippen molar-refractivity contribution in [2.45, 2.75) is 10.8 Å². The van der Waals surface area contributed by atoms with Crippen molar-refractivity contribution in [3.05, 3.63) is 55.4 Å². The predicted octanol–water partition coefficient (Wildman–Crippen LogP) is 6.28. The minimum absolute atomic E-state index is 0.568. The molecule has 0 aromatic heterocycles. The number of nitrogens with one attached hydrogen (secondary N) is 1. The van der Waals surface area contributed by atoms with E-state index < -0.39 is 0 Å².